The molecule has 2 unspecified atom stereocenters. The van der Waals surface area contributed by atoms with Gasteiger partial charge in [-0.25, -0.2) is 4.98 Å². The molecule has 0 aliphatic carbocycles. The average molecular weight is 228 g/mol. The third-order valence-electron chi connectivity index (χ3n) is 2.28. The van der Waals surface area contributed by atoms with E-state index in [1.807, 2.05) is 11.6 Å². The normalized spacial score (nSPS) is 15.5. The number of nitrogens with zero attached hydrogens (tertiary/aromatic N) is 1. The lowest BCUT2D eigenvalue weighted by Gasteiger charge is -2.21. The highest BCUT2D eigenvalue weighted by Crippen LogP contribution is 2.16. The molecule has 0 aliphatic heterocycles. The lowest BCUT2D eigenvalue weighted by Crippen LogP contribution is -2.35. The van der Waals surface area contributed by atoms with Gasteiger partial charge in [0.2, 0.25) is 0 Å². The van der Waals surface area contributed by atoms with Crippen molar-refractivity contribution in [2.24, 2.45) is 5.92 Å². The van der Waals surface area contributed by atoms with Gasteiger partial charge in [-0.2, -0.15) is 0 Å². The lowest BCUT2D eigenvalue weighted by atomic mass is 10.0. The Labute approximate surface area is 95.6 Å². The average Bonchev–Trinajstić information content (AvgIpc) is 2.68. The van der Waals surface area contributed by atoms with E-state index >= 15 is 0 Å². The van der Waals surface area contributed by atoms with Crippen LogP contribution in [0.15, 0.2) is 11.6 Å². The van der Waals surface area contributed by atoms with Gasteiger partial charge in [0.1, 0.15) is 5.01 Å². The number of hydrogen-bond donors (Lipinski definition) is 2. The van der Waals surface area contributed by atoms with Gasteiger partial charge in [-0.3, -0.25) is 0 Å². The smallest absolute Gasteiger partial charge is 0.109 e. The van der Waals surface area contributed by atoms with Crippen molar-refractivity contribution >= 4 is 11.3 Å². The largest absolute Gasteiger partial charge is 0.395 e. The van der Waals surface area contributed by atoms with Crippen molar-refractivity contribution in [2.75, 3.05) is 6.61 Å². The summed E-state index contributed by atoms with van der Waals surface area (Å²) in [7, 11) is 0. The van der Waals surface area contributed by atoms with Crippen LogP contribution in [-0.4, -0.2) is 22.7 Å². The van der Waals surface area contributed by atoms with Crippen molar-refractivity contribution in [3.63, 3.8) is 0 Å². The zero-order valence-corrected chi connectivity index (χ0v) is 10.4. The van der Waals surface area contributed by atoms with Crippen molar-refractivity contribution in [1.82, 2.24) is 10.3 Å². The molecule has 2 N–H and O–H groups in total. The summed E-state index contributed by atoms with van der Waals surface area (Å²) in [5.74, 6) is 0.596. The Hall–Kier alpha value is -0.450. The van der Waals surface area contributed by atoms with Crippen LogP contribution in [0.3, 0.4) is 0 Å². The van der Waals surface area contributed by atoms with Crippen molar-refractivity contribution in [1.29, 1.82) is 0 Å². The molecule has 1 rings (SSSR count). The molecule has 0 fully saturated rings. The zero-order chi connectivity index (χ0) is 11.3. The second kappa shape index (κ2) is 6.20. The predicted octanol–water partition coefficient (Wildman–Crippen LogP) is 2.20. The Morgan fingerprint density at radius 3 is 2.67 bits per heavy atom. The molecule has 1 aromatic rings. The first-order valence-corrected chi connectivity index (χ1v) is 6.27. The molecule has 15 heavy (non-hydrogen) atoms. The fraction of sp³-hybridized carbons (Fsp3) is 0.727. The second-order valence-corrected chi connectivity index (χ2v) is 5.19. The molecule has 1 heterocycles. The third-order valence-corrected chi connectivity index (χ3v) is 3.24. The number of aliphatic hydroxyl groups excluding tert-OH is 1. The van der Waals surface area contributed by atoms with Gasteiger partial charge in [0.25, 0.3) is 0 Å². The molecule has 2 atom stereocenters. The van der Waals surface area contributed by atoms with Crippen LogP contribution in [0.5, 0.6) is 0 Å². The molecule has 86 valence electrons. The van der Waals surface area contributed by atoms with Gasteiger partial charge < -0.3 is 10.4 Å². The molecule has 0 saturated heterocycles. The van der Waals surface area contributed by atoms with Crippen LogP contribution in [0, 0.1) is 5.92 Å². The molecule has 0 bridgehead atoms. The maximum atomic E-state index is 9.24. The van der Waals surface area contributed by atoms with Crippen molar-refractivity contribution in [3.8, 4) is 0 Å². The molecular formula is C11H20N2OS. The van der Waals surface area contributed by atoms with Crippen molar-refractivity contribution in [2.45, 2.75) is 39.3 Å². The standard InChI is InChI=1S/C11H20N2OS/c1-8(2)6-10(7-14)13-9(3)11-12-4-5-15-11/h4-5,8-10,13-14H,6-7H2,1-3H3. The summed E-state index contributed by atoms with van der Waals surface area (Å²) in [5, 5.41) is 15.7. The number of aromatic nitrogens is 1. The van der Waals surface area contributed by atoms with Gasteiger partial charge >= 0.3 is 0 Å². The number of hydrogen-bond acceptors (Lipinski definition) is 4. The van der Waals surface area contributed by atoms with Crippen LogP contribution in [0.4, 0.5) is 0 Å². The minimum atomic E-state index is 0.170. The van der Waals surface area contributed by atoms with Crippen LogP contribution >= 0.6 is 11.3 Å². The Balaban J connectivity index is 2.44. The van der Waals surface area contributed by atoms with Gasteiger partial charge in [-0.05, 0) is 19.3 Å². The summed E-state index contributed by atoms with van der Waals surface area (Å²) in [6.45, 7) is 6.60. The summed E-state index contributed by atoms with van der Waals surface area (Å²) in [6, 6.07) is 0.393. The molecule has 0 amide bonds. The Bertz CT molecular complexity index is 262. The van der Waals surface area contributed by atoms with E-state index in [1.165, 1.54) is 0 Å². The first-order valence-electron chi connectivity index (χ1n) is 5.39. The maximum absolute atomic E-state index is 9.24. The first-order chi connectivity index (χ1) is 7.13. The fourth-order valence-electron chi connectivity index (χ4n) is 1.64. The fourth-order valence-corrected chi connectivity index (χ4v) is 2.29. The first kappa shape index (κ1) is 12.6. The number of rotatable bonds is 6. The summed E-state index contributed by atoms with van der Waals surface area (Å²) >= 11 is 1.65. The van der Waals surface area contributed by atoms with Gasteiger partial charge in [-0.1, -0.05) is 13.8 Å². The summed E-state index contributed by atoms with van der Waals surface area (Å²) < 4.78 is 0. The van der Waals surface area contributed by atoms with Gasteiger partial charge in [0.05, 0.1) is 12.6 Å². The molecule has 0 aliphatic rings. The molecule has 0 spiro atoms. The molecular weight excluding hydrogens is 208 g/mol. The third kappa shape index (κ3) is 4.28. The topological polar surface area (TPSA) is 45.1 Å². The van der Waals surface area contributed by atoms with Crippen LogP contribution in [0.1, 0.15) is 38.2 Å². The Morgan fingerprint density at radius 1 is 1.47 bits per heavy atom. The van der Waals surface area contributed by atoms with E-state index < -0.39 is 0 Å². The van der Waals surface area contributed by atoms with E-state index in [0.29, 0.717) is 5.92 Å². The van der Waals surface area contributed by atoms with Gasteiger partial charge in [-0.15, -0.1) is 11.3 Å². The van der Waals surface area contributed by atoms with E-state index in [9.17, 15) is 5.11 Å². The quantitative estimate of drug-likeness (QED) is 0.784. The Kier molecular flexibility index (Phi) is 5.22. The summed E-state index contributed by atoms with van der Waals surface area (Å²) in [6.07, 6.45) is 2.81. The Morgan fingerprint density at radius 2 is 2.20 bits per heavy atom. The molecule has 0 radical (unpaired) electrons. The van der Waals surface area contributed by atoms with Crippen LogP contribution < -0.4 is 5.32 Å². The molecule has 3 nitrogen and oxygen atoms in total. The van der Waals surface area contributed by atoms with Gasteiger partial charge in [0, 0.05) is 17.6 Å². The van der Waals surface area contributed by atoms with Crippen molar-refractivity contribution < 1.29 is 5.11 Å². The highest BCUT2D eigenvalue weighted by Gasteiger charge is 2.15. The van der Waals surface area contributed by atoms with E-state index in [4.69, 9.17) is 0 Å². The van der Waals surface area contributed by atoms with E-state index in [-0.39, 0.29) is 18.7 Å². The van der Waals surface area contributed by atoms with E-state index in [0.717, 1.165) is 11.4 Å². The predicted molar refractivity (Wildman–Crippen MR) is 64.0 cm³/mol. The van der Waals surface area contributed by atoms with Crippen LogP contribution in [-0.2, 0) is 0 Å². The number of aliphatic hydroxyl groups is 1. The molecule has 0 saturated carbocycles. The summed E-state index contributed by atoms with van der Waals surface area (Å²) in [5.41, 5.74) is 0. The highest BCUT2D eigenvalue weighted by atomic mass is 32.1. The molecule has 4 heteroatoms. The summed E-state index contributed by atoms with van der Waals surface area (Å²) in [4.78, 5) is 4.26. The van der Waals surface area contributed by atoms with Crippen LogP contribution in [0.25, 0.3) is 0 Å². The zero-order valence-electron chi connectivity index (χ0n) is 9.60. The monoisotopic (exact) mass is 228 g/mol. The molecule has 0 aromatic carbocycles. The van der Waals surface area contributed by atoms with Crippen LogP contribution in [0.2, 0.25) is 0 Å². The minimum absolute atomic E-state index is 0.170. The second-order valence-electron chi connectivity index (χ2n) is 4.27. The maximum Gasteiger partial charge on any atom is 0.109 e. The SMILES string of the molecule is CC(C)CC(CO)NC(C)c1nccs1. The lowest BCUT2D eigenvalue weighted by molar-refractivity contribution is 0.215. The minimum Gasteiger partial charge on any atom is -0.395 e. The van der Waals surface area contributed by atoms with Gasteiger partial charge in [0.15, 0.2) is 0 Å². The molecule has 1 aromatic heterocycles. The van der Waals surface area contributed by atoms with E-state index in [2.05, 4.69) is 31.1 Å². The van der Waals surface area contributed by atoms with Crippen molar-refractivity contribution in [3.05, 3.63) is 16.6 Å². The number of thiazole rings is 1. The highest BCUT2D eigenvalue weighted by molar-refractivity contribution is 7.09. The van der Waals surface area contributed by atoms with E-state index in [1.54, 1.807) is 11.3 Å². The number of nitrogens with one attached hydrogen (secondary N) is 1.